The van der Waals surface area contributed by atoms with E-state index >= 15 is 0 Å². The Morgan fingerprint density at radius 2 is 1.80 bits per heavy atom. The first-order valence-corrected chi connectivity index (χ1v) is 10.3. The summed E-state index contributed by atoms with van der Waals surface area (Å²) in [6.45, 7) is 3.57. The largest absolute Gasteiger partial charge is 0.241 e. The third-order valence-electron chi connectivity index (χ3n) is 4.91. The van der Waals surface area contributed by atoms with Gasteiger partial charge in [-0.15, -0.1) is 0 Å². The smallest absolute Gasteiger partial charge is 0.207 e. The van der Waals surface area contributed by atoms with E-state index in [1.807, 2.05) is 13.0 Å². The van der Waals surface area contributed by atoms with Crippen LogP contribution in [0.2, 0.25) is 0 Å². The number of sulfonamides is 1. The zero-order chi connectivity index (χ0) is 18.0. The monoisotopic (exact) mass is 361 g/mol. The molecule has 0 fully saturated rings. The molecule has 134 valence electrons. The van der Waals surface area contributed by atoms with Crippen molar-refractivity contribution in [2.24, 2.45) is 0 Å². The summed E-state index contributed by atoms with van der Waals surface area (Å²) in [5.74, 6) is -0.432. The first-order valence-electron chi connectivity index (χ1n) is 8.81. The Hall–Kier alpha value is -1.72. The fraction of sp³-hybridized carbons (Fsp3) is 0.400. The van der Waals surface area contributed by atoms with Crippen LogP contribution in [0.4, 0.5) is 4.39 Å². The molecule has 2 aromatic rings. The van der Waals surface area contributed by atoms with Crippen molar-refractivity contribution in [3.8, 4) is 0 Å². The molecule has 1 N–H and O–H groups in total. The minimum Gasteiger partial charge on any atom is -0.207 e. The maximum absolute atomic E-state index is 13.3. The number of aryl methyl sites for hydroxylation is 3. The summed E-state index contributed by atoms with van der Waals surface area (Å²) in [4.78, 5) is 0.130. The van der Waals surface area contributed by atoms with Gasteiger partial charge < -0.3 is 0 Å². The lowest BCUT2D eigenvalue weighted by Gasteiger charge is -2.22. The molecule has 0 saturated heterocycles. The molecule has 1 aliphatic carbocycles. The fourth-order valence-electron chi connectivity index (χ4n) is 3.52. The van der Waals surface area contributed by atoms with Crippen LogP contribution in [0.5, 0.6) is 0 Å². The van der Waals surface area contributed by atoms with Crippen LogP contribution in [0.15, 0.2) is 41.3 Å². The maximum Gasteiger partial charge on any atom is 0.241 e. The van der Waals surface area contributed by atoms with Crippen molar-refractivity contribution in [1.29, 1.82) is 0 Å². The summed E-state index contributed by atoms with van der Waals surface area (Å²) in [6.07, 6.45) is 5.22. The van der Waals surface area contributed by atoms with Gasteiger partial charge in [-0.3, -0.25) is 0 Å². The average Bonchev–Trinajstić information content (AvgIpc) is 2.59. The average molecular weight is 361 g/mol. The van der Waals surface area contributed by atoms with Crippen molar-refractivity contribution in [3.63, 3.8) is 0 Å². The van der Waals surface area contributed by atoms with Crippen molar-refractivity contribution < 1.29 is 12.8 Å². The fourth-order valence-corrected chi connectivity index (χ4v) is 5.06. The highest BCUT2D eigenvalue weighted by molar-refractivity contribution is 7.89. The number of nitrogens with one attached hydrogen (secondary N) is 1. The first kappa shape index (κ1) is 18.1. The van der Waals surface area contributed by atoms with E-state index in [1.54, 1.807) is 6.92 Å². The number of halogens is 1. The van der Waals surface area contributed by atoms with Crippen LogP contribution in [0, 0.1) is 12.7 Å². The molecule has 3 rings (SSSR count). The molecule has 0 aliphatic heterocycles. The van der Waals surface area contributed by atoms with Gasteiger partial charge in [-0.1, -0.05) is 25.1 Å². The predicted molar refractivity (Wildman–Crippen MR) is 97.6 cm³/mol. The Bertz CT molecular complexity index is 877. The second-order valence-corrected chi connectivity index (χ2v) is 8.41. The van der Waals surface area contributed by atoms with Gasteiger partial charge in [0.1, 0.15) is 5.82 Å². The minimum absolute atomic E-state index is 0.130. The topological polar surface area (TPSA) is 46.2 Å². The summed E-state index contributed by atoms with van der Waals surface area (Å²) in [5.41, 5.74) is 4.11. The van der Waals surface area contributed by atoms with Crippen molar-refractivity contribution in [3.05, 3.63) is 64.5 Å². The van der Waals surface area contributed by atoms with Gasteiger partial charge in [0.15, 0.2) is 0 Å². The van der Waals surface area contributed by atoms with Crippen LogP contribution in [0.3, 0.4) is 0 Å². The Balaban J connectivity index is 1.88. The lowest BCUT2D eigenvalue weighted by molar-refractivity contribution is 0.548. The summed E-state index contributed by atoms with van der Waals surface area (Å²) in [6, 6.07) is 9.76. The van der Waals surface area contributed by atoms with Crippen LogP contribution in [0.1, 0.15) is 54.5 Å². The molecule has 0 heterocycles. The van der Waals surface area contributed by atoms with E-state index in [1.165, 1.54) is 42.2 Å². The van der Waals surface area contributed by atoms with Crippen LogP contribution in [-0.2, 0) is 22.9 Å². The minimum atomic E-state index is -3.71. The van der Waals surface area contributed by atoms with Crippen LogP contribution >= 0.6 is 0 Å². The number of rotatable bonds is 5. The Labute approximate surface area is 149 Å². The number of benzene rings is 2. The molecule has 3 nitrogen and oxygen atoms in total. The van der Waals surface area contributed by atoms with E-state index in [9.17, 15) is 12.8 Å². The molecule has 0 aromatic heterocycles. The van der Waals surface area contributed by atoms with Crippen molar-refractivity contribution >= 4 is 10.0 Å². The van der Waals surface area contributed by atoms with Gasteiger partial charge in [-0.05, 0) is 79.5 Å². The second-order valence-electron chi connectivity index (χ2n) is 6.73. The van der Waals surface area contributed by atoms with E-state index in [2.05, 4.69) is 16.9 Å². The van der Waals surface area contributed by atoms with E-state index in [4.69, 9.17) is 0 Å². The molecule has 5 heteroatoms. The second kappa shape index (κ2) is 7.26. The quantitative estimate of drug-likeness (QED) is 0.856. The van der Waals surface area contributed by atoms with Gasteiger partial charge in [-0.2, -0.15) is 0 Å². The molecule has 0 saturated carbocycles. The van der Waals surface area contributed by atoms with Crippen LogP contribution in [0.25, 0.3) is 0 Å². The molecule has 0 unspecified atom stereocenters. The highest BCUT2D eigenvalue weighted by Gasteiger charge is 2.23. The predicted octanol–water partition coefficient (Wildman–Crippen LogP) is 4.44. The van der Waals surface area contributed by atoms with Gasteiger partial charge in [0, 0.05) is 6.04 Å². The summed E-state index contributed by atoms with van der Waals surface area (Å²) >= 11 is 0. The lowest BCUT2D eigenvalue weighted by atomic mass is 9.89. The standard InChI is InChI=1S/C20H24FNO2S/c1-3-19(17-9-8-15-6-4-5-7-16(15)13-17)22-25(23,24)20-11-10-18(21)12-14(20)2/h8-13,19,22H,3-7H2,1-2H3/t19-/m0/s1. The van der Waals surface area contributed by atoms with Gasteiger partial charge in [0.05, 0.1) is 4.90 Å². The number of hydrogen-bond donors (Lipinski definition) is 1. The van der Waals surface area contributed by atoms with Crippen LogP contribution < -0.4 is 4.72 Å². The van der Waals surface area contributed by atoms with E-state index in [-0.39, 0.29) is 10.9 Å². The Morgan fingerprint density at radius 1 is 1.08 bits per heavy atom. The summed E-state index contributed by atoms with van der Waals surface area (Å²) in [7, 11) is -3.71. The van der Waals surface area contributed by atoms with Gasteiger partial charge in [0.2, 0.25) is 10.0 Å². The zero-order valence-electron chi connectivity index (χ0n) is 14.7. The number of hydrogen-bond acceptors (Lipinski definition) is 2. The summed E-state index contributed by atoms with van der Waals surface area (Å²) < 4.78 is 41.6. The molecular weight excluding hydrogens is 337 g/mol. The Morgan fingerprint density at radius 3 is 2.48 bits per heavy atom. The molecule has 0 bridgehead atoms. The SMILES string of the molecule is CC[C@H](NS(=O)(=O)c1ccc(F)cc1C)c1ccc2c(c1)CCCC2. The molecular formula is C20H24FNO2S. The van der Waals surface area contributed by atoms with Crippen LogP contribution in [-0.4, -0.2) is 8.42 Å². The normalized spacial score (nSPS) is 15.6. The highest BCUT2D eigenvalue weighted by Crippen LogP contribution is 2.27. The molecule has 25 heavy (non-hydrogen) atoms. The third kappa shape index (κ3) is 3.93. The first-order chi connectivity index (χ1) is 11.9. The zero-order valence-corrected chi connectivity index (χ0v) is 15.5. The molecule has 0 amide bonds. The molecule has 1 atom stereocenters. The molecule has 2 aromatic carbocycles. The number of fused-ring (bicyclic) bond motifs is 1. The third-order valence-corrected chi connectivity index (χ3v) is 6.54. The van der Waals surface area contributed by atoms with Crippen molar-refractivity contribution in [2.75, 3.05) is 0 Å². The van der Waals surface area contributed by atoms with E-state index in [0.29, 0.717) is 12.0 Å². The van der Waals surface area contributed by atoms with Crippen molar-refractivity contribution in [1.82, 2.24) is 4.72 Å². The highest BCUT2D eigenvalue weighted by atomic mass is 32.2. The Kier molecular flexibility index (Phi) is 5.25. The van der Waals surface area contributed by atoms with E-state index in [0.717, 1.165) is 18.4 Å². The molecule has 1 aliphatic rings. The molecule has 0 spiro atoms. The van der Waals surface area contributed by atoms with Crippen molar-refractivity contribution in [2.45, 2.75) is 56.9 Å². The van der Waals surface area contributed by atoms with Gasteiger partial charge >= 0.3 is 0 Å². The van der Waals surface area contributed by atoms with Gasteiger partial charge in [-0.25, -0.2) is 17.5 Å². The maximum atomic E-state index is 13.3. The summed E-state index contributed by atoms with van der Waals surface area (Å²) in [5, 5.41) is 0. The lowest BCUT2D eigenvalue weighted by Crippen LogP contribution is -2.29. The van der Waals surface area contributed by atoms with E-state index < -0.39 is 15.8 Å². The molecule has 0 radical (unpaired) electrons. The van der Waals surface area contributed by atoms with Gasteiger partial charge in [0.25, 0.3) is 0 Å².